The molecule has 2 aromatic carbocycles. The number of nitrogens with two attached hydrogens (primary N) is 1. The fourth-order valence-corrected chi connectivity index (χ4v) is 5.61. The smallest absolute Gasteiger partial charge is 0.254 e. The number of rotatable bonds is 3. The first-order valence-corrected chi connectivity index (χ1v) is 11.2. The molecule has 2 aliphatic rings. The van der Waals surface area contributed by atoms with E-state index in [-0.39, 0.29) is 5.54 Å². The van der Waals surface area contributed by atoms with E-state index in [1.807, 2.05) is 66.2 Å². The van der Waals surface area contributed by atoms with Crippen molar-refractivity contribution in [3.8, 4) is 22.5 Å². The number of hydrogen-bond donors (Lipinski definition) is 3. The third-order valence-corrected chi connectivity index (χ3v) is 6.92. The summed E-state index contributed by atoms with van der Waals surface area (Å²) in [6.45, 7) is 2.56. The molecule has 1 amide bonds. The Hall–Kier alpha value is -3.71. The summed E-state index contributed by atoms with van der Waals surface area (Å²) in [4.78, 5) is 17.4. The summed E-state index contributed by atoms with van der Waals surface area (Å²) in [6.07, 6.45) is 2.05. The fourth-order valence-electron chi connectivity index (χ4n) is 5.61. The molecule has 3 heterocycles. The quantitative estimate of drug-likeness (QED) is 0.449. The number of nitrogens with one attached hydrogen (secondary N) is 1. The number of nitrogens with zero attached hydrogens (tertiary/aromatic N) is 3. The summed E-state index contributed by atoms with van der Waals surface area (Å²) < 4.78 is 1.89. The molecule has 0 unspecified atom stereocenters. The van der Waals surface area contributed by atoms with Gasteiger partial charge in [0.1, 0.15) is 17.1 Å². The summed E-state index contributed by atoms with van der Waals surface area (Å²) >= 11 is 0. The molecule has 1 aliphatic heterocycles. The Labute approximate surface area is 191 Å². The monoisotopic (exact) mass is 439 g/mol. The number of hydrogen-bond acceptors (Lipinski definition) is 5. The Morgan fingerprint density at radius 3 is 2.58 bits per heavy atom. The van der Waals surface area contributed by atoms with E-state index in [4.69, 9.17) is 15.8 Å². The molecule has 1 saturated carbocycles. The van der Waals surface area contributed by atoms with Crippen molar-refractivity contribution in [2.75, 3.05) is 11.9 Å². The van der Waals surface area contributed by atoms with Gasteiger partial charge >= 0.3 is 0 Å². The van der Waals surface area contributed by atoms with Crippen LogP contribution >= 0.6 is 0 Å². The number of primary amides is 1. The number of aliphatic hydroxyl groups is 1. The standard InChI is InChI=1S/C26H25N5O2/c1-25(33)14-26(15-25)11-12-28-24-21(23(27)32)22(30-31(24)26)18-8-7-17-9-10-19(29-20(17)13-18)16-5-3-2-4-6-16/h2-10,13,28,33H,11-12,14-15H2,1H3,(H2,27,32). The second kappa shape index (κ2) is 6.89. The second-order valence-electron chi connectivity index (χ2n) is 9.57. The third-order valence-electron chi connectivity index (χ3n) is 6.92. The summed E-state index contributed by atoms with van der Waals surface area (Å²) in [6, 6.07) is 20.0. The molecule has 0 bridgehead atoms. The zero-order valence-electron chi connectivity index (χ0n) is 18.4. The van der Waals surface area contributed by atoms with E-state index in [1.54, 1.807) is 0 Å². The average molecular weight is 440 g/mol. The molecule has 6 rings (SSSR count). The highest BCUT2D eigenvalue weighted by molar-refractivity contribution is 6.04. The number of benzene rings is 2. The van der Waals surface area contributed by atoms with E-state index in [0.29, 0.717) is 36.5 Å². The number of amides is 1. The largest absolute Gasteiger partial charge is 0.390 e. The first kappa shape index (κ1) is 19.9. The zero-order valence-corrected chi connectivity index (χ0v) is 18.4. The minimum Gasteiger partial charge on any atom is -0.390 e. The predicted molar refractivity (Wildman–Crippen MR) is 128 cm³/mol. The third kappa shape index (κ3) is 3.11. The topological polar surface area (TPSA) is 106 Å². The Bertz CT molecular complexity index is 1400. The lowest BCUT2D eigenvalue weighted by molar-refractivity contribution is -0.114. The van der Waals surface area contributed by atoms with Crippen LogP contribution in [0.4, 0.5) is 5.82 Å². The van der Waals surface area contributed by atoms with Crippen LogP contribution in [0, 0.1) is 0 Å². The number of pyridine rings is 1. The first-order valence-electron chi connectivity index (χ1n) is 11.2. The molecule has 33 heavy (non-hydrogen) atoms. The van der Waals surface area contributed by atoms with Crippen molar-refractivity contribution in [2.45, 2.75) is 37.3 Å². The number of aromatic nitrogens is 3. The van der Waals surface area contributed by atoms with Gasteiger partial charge in [0.05, 0.1) is 22.4 Å². The predicted octanol–water partition coefficient (Wildman–Crippen LogP) is 3.92. The van der Waals surface area contributed by atoms with Crippen LogP contribution in [0.2, 0.25) is 0 Å². The van der Waals surface area contributed by atoms with Gasteiger partial charge in [-0.1, -0.05) is 48.5 Å². The van der Waals surface area contributed by atoms with E-state index >= 15 is 0 Å². The lowest BCUT2D eigenvalue weighted by atomic mass is 9.63. The molecule has 1 aliphatic carbocycles. The fraction of sp³-hybridized carbons (Fsp3) is 0.269. The summed E-state index contributed by atoms with van der Waals surface area (Å²) in [5.41, 5.74) is 9.31. The van der Waals surface area contributed by atoms with Gasteiger partial charge in [0.15, 0.2) is 0 Å². The molecular formula is C26H25N5O2. The number of fused-ring (bicyclic) bond motifs is 3. The van der Waals surface area contributed by atoms with Crippen molar-refractivity contribution in [3.05, 3.63) is 66.2 Å². The summed E-state index contributed by atoms with van der Waals surface area (Å²) in [5, 5.41) is 19.7. The van der Waals surface area contributed by atoms with Crippen LogP contribution in [-0.2, 0) is 5.54 Å². The van der Waals surface area contributed by atoms with Crippen molar-refractivity contribution in [3.63, 3.8) is 0 Å². The van der Waals surface area contributed by atoms with Crippen LogP contribution in [0.15, 0.2) is 60.7 Å². The molecule has 4 aromatic rings. The van der Waals surface area contributed by atoms with Gasteiger partial charge in [-0.2, -0.15) is 5.10 Å². The molecule has 7 heteroatoms. The minimum atomic E-state index is -0.714. The highest BCUT2D eigenvalue weighted by Crippen LogP contribution is 2.52. The second-order valence-corrected chi connectivity index (χ2v) is 9.57. The van der Waals surface area contributed by atoms with E-state index in [1.165, 1.54) is 0 Å². The molecule has 1 fully saturated rings. The average Bonchev–Trinajstić information content (AvgIpc) is 3.19. The Morgan fingerprint density at radius 2 is 1.85 bits per heavy atom. The van der Waals surface area contributed by atoms with Crippen LogP contribution < -0.4 is 11.1 Å². The van der Waals surface area contributed by atoms with E-state index in [2.05, 4.69) is 11.4 Å². The highest BCUT2D eigenvalue weighted by atomic mass is 16.3. The molecule has 0 atom stereocenters. The molecule has 4 N–H and O–H groups in total. The molecule has 7 nitrogen and oxygen atoms in total. The normalized spacial score (nSPS) is 23.7. The maximum absolute atomic E-state index is 12.5. The van der Waals surface area contributed by atoms with Crippen LogP contribution in [0.3, 0.4) is 0 Å². The van der Waals surface area contributed by atoms with Gasteiger partial charge in [0, 0.05) is 35.9 Å². The molecular weight excluding hydrogens is 414 g/mol. The molecule has 1 spiro atoms. The van der Waals surface area contributed by atoms with Crippen molar-refractivity contribution < 1.29 is 9.90 Å². The van der Waals surface area contributed by atoms with E-state index in [0.717, 1.165) is 34.1 Å². The number of carbonyl (C=O) groups excluding carboxylic acids is 1. The molecule has 2 aromatic heterocycles. The maximum Gasteiger partial charge on any atom is 0.254 e. The van der Waals surface area contributed by atoms with Gasteiger partial charge in [-0.15, -0.1) is 0 Å². The molecule has 0 saturated heterocycles. The molecule has 166 valence electrons. The zero-order chi connectivity index (χ0) is 22.8. The highest BCUT2D eigenvalue weighted by Gasteiger charge is 2.55. The minimum absolute atomic E-state index is 0.290. The first-order chi connectivity index (χ1) is 15.9. The van der Waals surface area contributed by atoms with Crippen molar-refractivity contribution in [1.82, 2.24) is 14.8 Å². The Morgan fingerprint density at radius 1 is 1.09 bits per heavy atom. The van der Waals surface area contributed by atoms with Crippen molar-refractivity contribution >= 4 is 22.6 Å². The molecule has 0 radical (unpaired) electrons. The van der Waals surface area contributed by atoms with Gasteiger partial charge in [-0.05, 0) is 25.5 Å². The lowest BCUT2D eigenvalue weighted by Gasteiger charge is -2.54. The van der Waals surface area contributed by atoms with E-state index < -0.39 is 11.5 Å². The lowest BCUT2D eigenvalue weighted by Crippen LogP contribution is -2.59. The van der Waals surface area contributed by atoms with Gasteiger partial charge < -0.3 is 16.2 Å². The van der Waals surface area contributed by atoms with Crippen LogP contribution in [-0.4, -0.2) is 37.9 Å². The van der Waals surface area contributed by atoms with Crippen LogP contribution in [0.5, 0.6) is 0 Å². The van der Waals surface area contributed by atoms with Crippen LogP contribution in [0.1, 0.15) is 36.5 Å². The number of carbonyl (C=O) groups is 1. The van der Waals surface area contributed by atoms with Gasteiger partial charge in [-0.25, -0.2) is 9.67 Å². The summed E-state index contributed by atoms with van der Waals surface area (Å²) in [7, 11) is 0. The number of anilines is 1. The van der Waals surface area contributed by atoms with Gasteiger partial charge in [0.2, 0.25) is 0 Å². The van der Waals surface area contributed by atoms with E-state index in [9.17, 15) is 9.90 Å². The SMILES string of the molecule is CC1(O)CC2(CCNc3c(C(N)=O)c(-c4ccc5ccc(-c6ccccc6)nc5c4)nn32)C1. The summed E-state index contributed by atoms with van der Waals surface area (Å²) in [5.74, 6) is 0.123. The van der Waals surface area contributed by atoms with Crippen molar-refractivity contribution in [1.29, 1.82) is 0 Å². The Balaban J connectivity index is 1.49. The van der Waals surface area contributed by atoms with Gasteiger partial charge in [-0.3, -0.25) is 4.79 Å². The van der Waals surface area contributed by atoms with Crippen molar-refractivity contribution in [2.24, 2.45) is 5.73 Å². The Kier molecular flexibility index (Phi) is 4.16. The maximum atomic E-state index is 12.5. The van der Waals surface area contributed by atoms with Gasteiger partial charge in [0.25, 0.3) is 5.91 Å². The van der Waals surface area contributed by atoms with Crippen LogP contribution in [0.25, 0.3) is 33.4 Å².